The van der Waals surface area contributed by atoms with Crippen LogP contribution in [0.1, 0.15) is 45.1 Å². The van der Waals surface area contributed by atoms with Gasteiger partial charge in [-0.2, -0.15) is 0 Å². The highest BCUT2D eigenvalue weighted by atomic mass is 19.1. The number of hydrogen-bond donors (Lipinski definition) is 0. The zero-order chi connectivity index (χ0) is 23.0. The molecule has 0 atom stereocenters. The molecule has 3 heterocycles. The molecule has 1 aromatic carbocycles. The summed E-state index contributed by atoms with van der Waals surface area (Å²) >= 11 is 0. The fourth-order valence-electron chi connectivity index (χ4n) is 5.49. The number of amides is 3. The molecule has 0 aliphatic carbocycles. The van der Waals surface area contributed by atoms with E-state index in [-0.39, 0.29) is 29.5 Å². The Bertz CT molecular complexity index is 859. The predicted octanol–water partition coefficient (Wildman–Crippen LogP) is 3.67. The monoisotopic (exact) mass is 446 g/mol. The van der Waals surface area contributed by atoms with Crippen molar-refractivity contribution in [3.05, 3.63) is 29.6 Å². The number of rotatable bonds is 2. The molecule has 176 valence electrons. The topological polar surface area (TPSA) is 56.3 Å². The fraction of sp³-hybridized carbons (Fsp3) is 0.667. The summed E-state index contributed by atoms with van der Waals surface area (Å²) < 4.78 is 19.5. The fourth-order valence-corrected chi connectivity index (χ4v) is 5.49. The zero-order valence-electron chi connectivity index (χ0n) is 19.6. The normalized spacial score (nSPS) is 21.2. The van der Waals surface area contributed by atoms with Crippen molar-refractivity contribution in [2.24, 2.45) is 0 Å². The van der Waals surface area contributed by atoms with Crippen molar-refractivity contribution in [3.63, 3.8) is 0 Å². The van der Waals surface area contributed by atoms with Crippen molar-refractivity contribution in [2.45, 2.75) is 57.1 Å². The van der Waals surface area contributed by atoms with Crippen molar-refractivity contribution in [1.29, 1.82) is 0 Å². The number of nitrogens with zero attached hydrogens (tertiary/aromatic N) is 4. The molecule has 2 fully saturated rings. The molecule has 3 amide bonds. The van der Waals surface area contributed by atoms with Crippen LogP contribution in [0, 0.1) is 5.82 Å². The number of ether oxygens (including phenoxy) is 1. The maximum Gasteiger partial charge on any atom is 0.410 e. The van der Waals surface area contributed by atoms with Crippen LogP contribution in [0.5, 0.6) is 0 Å². The Morgan fingerprint density at radius 2 is 1.78 bits per heavy atom. The highest BCUT2D eigenvalue weighted by Gasteiger charge is 2.47. The minimum absolute atomic E-state index is 0.0576. The SMILES string of the molecule is CC(C)OC(=O)N1CCC(N2CCC3(CC2)CN(C(=O)N(C)C)c2ccc(F)cc23)CC1. The lowest BCUT2D eigenvalue weighted by Gasteiger charge is -2.45. The van der Waals surface area contributed by atoms with E-state index in [0.29, 0.717) is 12.6 Å². The van der Waals surface area contributed by atoms with Gasteiger partial charge in [0.15, 0.2) is 0 Å². The average molecular weight is 447 g/mol. The number of halogens is 1. The summed E-state index contributed by atoms with van der Waals surface area (Å²) in [5, 5.41) is 0. The second kappa shape index (κ2) is 8.89. The first-order valence-corrected chi connectivity index (χ1v) is 11.7. The van der Waals surface area contributed by atoms with E-state index in [1.54, 1.807) is 31.1 Å². The number of urea groups is 1. The first kappa shape index (κ1) is 22.8. The van der Waals surface area contributed by atoms with Crippen LogP contribution < -0.4 is 4.90 Å². The molecule has 1 aromatic rings. The lowest BCUT2D eigenvalue weighted by molar-refractivity contribution is 0.0450. The summed E-state index contributed by atoms with van der Waals surface area (Å²) in [5.74, 6) is -0.245. The summed E-state index contributed by atoms with van der Waals surface area (Å²) in [4.78, 5) is 32.7. The van der Waals surface area contributed by atoms with Gasteiger partial charge in [0.1, 0.15) is 5.82 Å². The summed E-state index contributed by atoms with van der Waals surface area (Å²) in [6.07, 6.45) is 3.36. The molecule has 8 heteroatoms. The van der Waals surface area contributed by atoms with Gasteiger partial charge in [0.05, 0.1) is 6.10 Å². The number of carbonyl (C=O) groups is 2. The Hall–Kier alpha value is -2.35. The second-order valence-electron chi connectivity index (χ2n) is 9.89. The van der Waals surface area contributed by atoms with Crippen LogP contribution >= 0.6 is 0 Å². The molecule has 0 unspecified atom stereocenters. The predicted molar refractivity (Wildman–Crippen MR) is 122 cm³/mol. The van der Waals surface area contributed by atoms with E-state index < -0.39 is 0 Å². The van der Waals surface area contributed by atoms with Crippen LogP contribution in [0.25, 0.3) is 0 Å². The molecule has 1 spiro atoms. The van der Waals surface area contributed by atoms with E-state index in [1.165, 1.54) is 6.07 Å². The molecule has 32 heavy (non-hydrogen) atoms. The Labute approximate surface area is 190 Å². The summed E-state index contributed by atoms with van der Waals surface area (Å²) in [6.45, 7) is 7.62. The van der Waals surface area contributed by atoms with E-state index in [9.17, 15) is 14.0 Å². The van der Waals surface area contributed by atoms with Crippen LogP contribution in [0.3, 0.4) is 0 Å². The van der Waals surface area contributed by atoms with Gasteiger partial charge in [0.25, 0.3) is 0 Å². The van der Waals surface area contributed by atoms with Crippen molar-refractivity contribution in [2.75, 3.05) is 51.7 Å². The lowest BCUT2D eigenvalue weighted by atomic mass is 9.74. The average Bonchev–Trinajstić information content (AvgIpc) is 3.06. The van der Waals surface area contributed by atoms with Crippen molar-refractivity contribution in [1.82, 2.24) is 14.7 Å². The van der Waals surface area contributed by atoms with Crippen LogP contribution in [0.2, 0.25) is 0 Å². The number of carbonyl (C=O) groups excluding carboxylic acids is 2. The molecule has 7 nitrogen and oxygen atoms in total. The van der Waals surface area contributed by atoms with Gasteiger partial charge >= 0.3 is 12.1 Å². The minimum Gasteiger partial charge on any atom is -0.447 e. The first-order valence-electron chi connectivity index (χ1n) is 11.7. The van der Waals surface area contributed by atoms with Crippen molar-refractivity contribution < 1.29 is 18.7 Å². The quantitative estimate of drug-likeness (QED) is 0.696. The maximum absolute atomic E-state index is 14.2. The van der Waals surface area contributed by atoms with E-state index >= 15 is 0 Å². The first-order chi connectivity index (χ1) is 15.2. The highest BCUT2D eigenvalue weighted by Crippen LogP contribution is 2.48. The zero-order valence-corrected chi connectivity index (χ0v) is 19.6. The largest absolute Gasteiger partial charge is 0.447 e. The standard InChI is InChI=1S/C24H35FN4O3/c1-17(2)32-23(31)28-11-7-19(8-12-28)27-13-9-24(10-14-27)16-29(22(30)26(3)4)21-6-5-18(25)15-20(21)24/h5-6,15,17,19H,7-14,16H2,1-4H3. The van der Waals surface area contributed by atoms with Gasteiger partial charge in [0, 0.05) is 50.9 Å². The Balaban J connectivity index is 1.41. The van der Waals surface area contributed by atoms with Gasteiger partial charge in [-0.15, -0.1) is 0 Å². The van der Waals surface area contributed by atoms with Gasteiger partial charge in [-0.25, -0.2) is 14.0 Å². The van der Waals surface area contributed by atoms with Crippen LogP contribution in [0.15, 0.2) is 18.2 Å². The third-order valence-corrected chi connectivity index (χ3v) is 7.23. The van der Waals surface area contributed by atoms with E-state index in [4.69, 9.17) is 4.74 Å². The molecule has 3 aliphatic rings. The Morgan fingerprint density at radius 1 is 1.12 bits per heavy atom. The maximum atomic E-state index is 14.2. The lowest BCUT2D eigenvalue weighted by Crippen LogP contribution is -2.53. The van der Waals surface area contributed by atoms with Gasteiger partial charge in [-0.1, -0.05) is 0 Å². The van der Waals surface area contributed by atoms with E-state index in [1.807, 2.05) is 23.6 Å². The molecule has 0 N–H and O–H groups in total. The second-order valence-corrected chi connectivity index (χ2v) is 9.89. The molecule has 0 bridgehead atoms. The summed E-state index contributed by atoms with van der Waals surface area (Å²) in [5.41, 5.74) is 1.62. The number of fused-ring (bicyclic) bond motifs is 2. The van der Waals surface area contributed by atoms with Crippen LogP contribution in [-0.2, 0) is 10.2 Å². The van der Waals surface area contributed by atoms with Gasteiger partial charge in [-0.05, 0) is 76.4 Å². The van der Waals surface area contributed by atoms with Gasteiger partial charge in [0.2, 0.25) is 0 Å². The minimum atomic E-state index is -0.245. The van der Waals surface area contributed by atoms with Gasteiger partial charge in [-0.3, -0.25) is 4.90 Å². The summed E-state index contributed by atoms with van der Waals surface area (Å²) in [7, 11) is 3.50. The van der Waals surface area contributed by atoms with E-state index in [2.05, 4.69) is 4.90 Å². The molecular formula is C24H35FN4O3. The van der Waals surface area contributed by atoms with Crippen LogP contribution in [0.4, 0.5) is 19.7 Å². The molecule has 3 aliphatic heterocycles. The smallest absolute Gasteiger partial charge is 0.410 e. The molecule has 2 saturated heterocycles. The third-order valence-electron chi connectivity index (χ3n) is 7.23. The van der Waals surface area contributed by atoms with Crippen molar-refractivity contribution in [3.8, 4) is 0 Å². The molecule has 0 saturated carbocycles. The van der Waals surface area contributed by atoms with Crippen molar-refractivity contribution >= 4 is 17.8 Å². The molecule has 0 radical (unpaired) electrons. The summed E-state index contributed by atoms with van der Waals surface area (Å²) in [6, 6.07) is 5.22. The molecule has 0 aromatic heterocycles. The van der Waals surface area contributed by atoms with Gasteiger partial charge < -0.3 is 19.4 Å². The number of piperidine rings is 2. The number of anilines is 1. The Kier molecular flexibility index (Phi) is 6.34. The Morgan fingerprint density at radius 3 is 2.38 bits per heavy atom. The number of benzene rings is 1. The number of hydrogen-bond acceptors (Lipinski definition) is 4. The molecular weight excluding hydrogens is 411 g/mol. The number of likely N-dealkylation sites (tertiary alicyclic amines) is 2. The highest BCUT2D eigenvalue weighted by molar-refractivity contribution is 5.95. The van der Waals surface area contributed by atoms with E-state index in [0.717, 1.165) is 63.1 Å². The third kappa shape index (κ3) is 4.29. The van der Waals surface area contributed by atoms with Crippen LogP contribution in [-0.4, -0.2) is 85.8 Å². The molecule has 4 rings (SSSR count).